The van der Waals surface area contributed by atoms with E-state index in [9.17, 15) is 4.79 Å². The molecule has 1 aromatic heterocycles. The van der Waals surface area contributed by atoms with Crippen molar-refractivity contribution in [2.75, 3.05) is 7.11 Å². The lowest BCUT2D eigenvalue weighted by molar-refractivity contribution is 0.0987. The summed E-state index contributed by atoms with van der Waals surface area (Å²) in [7, 11) is 1.59. The summed E-state index contributed by atoms with van der Waals surface area (Å²) in [6, 6.07) is 8.82. The molecule has 4 heteroatoms. The minimum absolute atomic E-state index is 0.0169. The molecule has 88 valence electrons. The summed E-state index contributed by atoms with van der Waals surface area (Å²) in [6.07, 6.45) is 1.83. The Morgan fingerprint density at radius 3 is 2.82 bits per heavy atom. The molecule has 0 fully saturated rings. The number of Topliss-reactive ketones (excluding diaryl/α,β-unsaturated/α-hetero) is 1. The molecule has 17 heavy (non-hydrogen) atoms. The molecule has 2 rings (SSSR count). The van der Waals surface area contributed by atoms with Gasteiger partial charge in [-0.25, -0.2) is 0 Å². The van der Waals surface area contributed by atoms with Crippen molar-refractivity contribution in [3.63, 3.8) is 0 Å². The second-order valence-corrected chi connectivity index (χ2v) is 4.38. The average Bonchev–Trinajstić information content (AvgIpc) is 2.81. The summed E-state index contributed by atoms with van der Waals surface area (Å²) in [6.45, 7) is 0. The van der Waals surface area contributed by atoms with Gasteiger partial charge in [0.2, 0.25) is 0 Å². The SMILES string of the molecule is COc1ccc(C(=O)Cc2ccco2)cc1Br. The summed E-state index contributed by atoms with van der Waals surface area (Å²) >= 11 is 3.35. The lowest BCUT2D eigenvalue weighted by Gasteiger charge is -2.05. The first kappa shape index (κ1) is 11.9. The number of carbonyl (C=O) groups is 1. The number of ether oxygens (including phenoxy) is 1. The van der Waals surface area contributed by atoms with Gasteiger partial charge in [0.15, 0.2) is 5.78 Å². The Hall–Kier alpha value is -1.55. The van der Waals surface area contributed by atoms with E-state index in [2.05, 4.69) is 15.9 Å². The Labute approximate surface area is 108 Å². The van der Waals surface area contributed by atoms with E-state index < -0.39 is 0 Å². The highest BCUT2D eigenvalue weighted by Crippen LogP contribution is 2.26. The second kappa shape index (κ2) is 5.19. The van der Waals surface area contributed by atoms with Crippen molar-refractivity contribution in [2.45, 2.75) is 6.42 Å². The number of carbonyl (C=O) groups excluding carboxylic acids is 1. The highest BCUT2D eigenvalue weighted by molar-refractivity contribution is 9.10. The maximum absolute atomic E-state index is 11.9. The van der Waals surface area contributed by atoms with E-state index in [1.165, 1.54) is 0 Å². The summed E-state index contributed by atoms with van der Waals surface area (Å²) in [5.74, 6) is 1.39. The smallest absolute Gasteiger partial charge is 0.170 e. The number of furan rings is 1. The number of rotatable bonds is 4. The first-order chi connectivity index (χ1) is 8.20. The van der Waals surface area contributed by atoms with Gasteiger partial charge < -0.3 is 9.15 Å². The van der Waals surface area contributed by atoms with E-state index in [1.807, 2.05) is 0 Å². The number of hydrogen-bond acceptors (Lipinski definition) is 3. The topological polar surface area (TPSA) is 39.4 Å². The Morgan fingerprint density at radius 2 is 2.24 bits per heavy atom. The third-order valence-electron chi connectivity index (χ3n) is 2.39. The van der Waals surface area contributed by atoms with Gasteiger partial charge in [-0.2, -0.15) is 0 Å². The Kier molecular flexibility index (Phi) is 3.64. The van der Waals surface area contributed by atoms with Crippen molar-refractivity contribution in [1.29, 1.82) is 0 Å². The van der Waals surface area contributed by atoms with E-state index in [0.29, 0.717) is 17.1 Å². The first-order valence-electron chi connectivity index (χ1n) is 5.10. The number of methoxy groups -OCH3 is 1. The third-order valence-corrected chi connectivity index (χ3v) is 3.01. The van der Waals surface area contributed by atoms with Crippen molar-refractivity contribution in [2.24, 2.45) is 0 Å². The van der Waals surface area contributed by atoms with Crippen LogP contribution in [0.4, 0.5) is 0 Å². The Balaban J connectivity index is 2.17. The molecule has 0 spiro atoms. The van der Waals surface area contributed by atoms with Gasteiger partial charge in [-0.15, -0.1) is 0 Å². The predicted octanol–water partition coefficient (Wildman–Crippen LogP) is 3.48. The zero-order chi connectivity index (χ0) is 12.3. The van der Waals surface area contributed by atoms with Crippen molar-refractivity contribution in [3.05, 3.63) is 52.4 Å². The molecule has 1 aromatic carbocycles. The van der Waals surface area contributed by atoms with Crippen LogP contribution in [0.3, 0.4) is 0 Å². The quantitative estimate of drug-likeness (QED) is 0.811. The predicted molar refractivity (Wildman–Crippen MR) is 67.4 cm³/mol. The lowest BCUT2D eigenvalue weighted by atomic mass is 10.1. The molecular formula is C13H11BrO3. The molecule has 0 aliphatic carbocycles. The molecule has 2 aromatic rings. The first-order valence-corrected chi connectivity index (χ1v) is 5.89. The average molecular weight is 295 g/mol. The molecule has 0 atom stereocenters. The van der Waals surface area contributed by atoms with Gasteiger partial charge in [-0.3, -0.25) is 4.79 Å². The van der Waals surface area contributed by atoms with Gasteiger partial charge in [0.05, 0.1) is 24.3 Å². The minimum Gasteiger partial charge on any atom is -0.496 e. The molecule has 0 aliphatic rings. The van der Waals surface area contributed by atoms with Crippen LogP contribution in [0.25, 0.3) is 0 Å². The monoisotopic (exact) mass is 294 g/mol. The fourth-order valence-corrected chi connectivity index (χ4v) is 2.05. The van der Waals surface area contributed by atoms with Gasteiger partial charge in [0, 0.05) is 5.56 Å². The Bertz CT molecular complexity index is 517. The number of ketones is 1. The maximum atomic E-state index is 11.9. The van der Waals surface area contributed by atoms with Crippen LogP contribution in [-0.2, 0) is 6.42 Å². The minimum atomic E-state index is 0.0169. The van der Waals surface area contributed by atoms with Crippen molar-refractivity contribution >= 4 is 21.7 Å². The molecule has 0 aliphatic heterocycles. The molecule has 0 bridgehead atoms. The highest BCUT2D eigenvalue weighted by atomic mass is 79.9. The maximum Gasteiger partial charge on any atom is 0.170 e. The van der Waals surface area contributed by atoms with Crippen LogP contribution in [0.15, 0.2) is 45.5 Å². The van der Waals surface area contributed by atoms with Crippen molar-refractivity contribution in [1.82, 2.24) is 0 Å². The van der Waals surface area contributed by atoms with E-state index in [0.717, 1.165) is 4.47 Å². The molecular weight excluding hydrogens is 284 g/mol. The van der Waals surface area contributed by atoms with Crippen LogP contribution < -0.4 is 4.74 Å². The van der Waals surface area contributed by atoms with Crippen molar-refractivity contribution < 1.29 is 13.9 Å². The fourth-order valence-electron chi connectivity index (χ4n) is 1.51. The number of halogens is 1. The van der Waals surface area contributed by atoms with E-state index in [-0.39, 0.29) is 12.2 Å². The standard InChI is InChI=1S/C13H11BrO3/c1-16-13-5-4-9(7-11(13)14)12(15)8-10-3-2-6-17-10/h2-7H,8H2,1H3. The third kappa shape index (κ3) is 2.77. The molecule has 3 nitrogen and oxygen atoms in total. The van der Waals surface area contributed by atoms with Gasteiger partial charge in [-0.1, -0.05) is 0 Å². The van der Waals surface area contributed by atoms with Gasteiger partial charge in [-0.05, 0) is 46.3 Å². The number of benzene rings is 1. The lowest BCUT2D eigenvalue weighted by Crippen LogP contribution is -2.02. The summed E-state index contributed by atoms with van der Waals surface area (Å²) < 4.78 is 11.0. The van der Waals surface area contributed by atoms with E-state index in [1.54, 1.807) is 43.7 Å². The molecule has 0 radical (unpaired) electrons. The van der Waals surface area contributed by atoms with Gasteiger partial charge in [0.1, 0.15) is 11.5 Å². The molecule has 0 amide bonds. The highest BCUT2D eigenvalue weighted by Gasteiger charge is 2.11. The molecule has 0 N–H and O–H groups in total. The second-order valence-electron chi connectivity index (χ2n) is 3.53. The van der Waals surface area contributed by atoms with Crippen LogP contribution in [0.1, 0.15) is 16.1 Å². The Morgan fingerprint density at radius 1 is 1.41 bits per heavy atom. The van der Waals surface area contributed by atoms with Crippen molar-refractivity contribution in [3.8, 4) is 5.75 Å². The summed E-state index contributed by atoms with van der Waals surface area (Å²) in [5, 5.41) is 0. The zero-order valence-corrected chi connectivity index (χ0v) is 10.9. The van der Waals surface area contributed by atoms with Gasteiger partial charge >= 0.3 is 0 Å². The van der Waals surface area contributed by atoms with E-state index >= 15 is 0 Å². The van der Waals surface area contributed by atoms with Crippen LogP contribution in [0, 0.1) is 0 Å². The molecule has 0 saturated heterocycles. The zero-order valence-electron chi connectivity index (χ0n) is 9.27. The van der Waals surface area contributed by atoms with Gasteiger partial charge in [0.25, 0.3) is 0 Å². The molecule has 1 heterocycles. The molecule has 0 unspecified atom stereocenters. The van der Waals surface area contributed by atoms with Crippen LogP contribution in [0.5, 0.6) is 5.75 Å². The van der Waals surface area contributed by atoms with Crippen LogP contribution in [-0.4, -0.2) is 12.9 Å². The fraction of sp³-hybridized carbons (Fsp3) is 0.154. The van der Waals surface area contributed by atoms with Crippen LogP contribution >= 0.6 is 15.9 Å². The normalized spacial score (nSPS) is 10.2. The van der Waals surface area contributed by atoms with Crippen LogP contribution in [0.2, 0.25) is 0 Å². The largest absolute Gasteiger partial charge is 0.496 e. The summed E-state index contributed by atoms with van der Waals surface area (Å²) in [4.78, 5) is 11.9. The van der Waals surface area contributed by atoms with E-state index in [4.69, 9.17) is 9.15 Å². The number of hydrogen-bond donors (Lipinski definition) is 0. The summed E-state index contributed by atoms with van der Waals surface area (Å²) in [5.41, 5.74) is 0.633. The molecule has 0 saturated carbocycles.